The molecule has 19 heavy (non-hydrogen) atoms. The third-order valence-electron chi connectivity index (χ3n) is 2.73. The summed E-state index contributed by atoms with van der Waals surface area (Å²) in [6.45, 7) is 1.69. The highest BCUT2D eigenvalue weighted by Crippen LogP contribution is 2.32. The molecule has 6 heteroatoms. The van der Waals surface area contributed by atoms with Crippen LogP contribution in [0.4, 0.5) is 24.5 Å². The van der Waals surface area contributed by atoms with Crippen molar-refractivity contribution < 1.29 is 13.2 Å². The molecule has 0 atom stereocenters. The molecule has 0 fully saturated rings. The summed E-state index contributed by atoms with van der Waals surface area (Å²) in [5.74, 6) is 0. The molecule has 1 aromatic rings. The highest BCUT2D eigenvalue weighted by molar-refractivity contribution is 5.67. The van der Waals surface area contributed by atoms with Crippen LogP contribution < -0.4 is 11.1 Å². The van der Waals surface area contributed by atoms with Gasteiger partial charge in [0.15, 0.2) is 0 Å². The molecule has 1 rings (SSSR count). The molecule has 0 saturated carbocycles. The topological polar surface area (TPSA) is 41.3 Å². The Labute approximate surface area is 111 Å². The average Bonchev–Trinajstić information content (AvgIpc) is 2.28. The fourth-order valence-corrected chi connectivity index (χ4v) is 1.68. The summed E-state index contributed by atoms with van der Waals surface area (Å²) in [6.07, 6.45) is -2.38. The molecule has 0 saturated heterocycles. The smallest absolute Gasteiger partial charge is 0.397 e. The van der Waals surface area contributed by atoms with E-state index in [1.54, 1.807) is 0 Å². The van der Waals surface area contributed by atoms with Gasteiger partial charge in [0, 0.05) is 6.54 Å². The first kappa shape index (κ1) is 15.6. The third-order valence-corrected chi connectivity index (χ3v) is 2.73. The number of nitrogens with zero attached hydrogens (tertiary/aromatic N) is 1. The Kier molecular flexibility index (Phi) is 5.47. The van der Waals surface area contributed by atoms with E-state index in [0.717, 1.165) is 31.5 Å². The maximum Gasteiger partial charge on any atom is 0.416 e. The Morgan fingerprint density at radius 1 is 1.21 bits per heavy atom. The van der Waals surface area contributed by atoms with E-state index in [9.17, 15) is 13.2 Å². The average molecular weight is 275 g/mol. The zero-order valence-corrected chi connectivity index (χ0v) is 11.2. The van der Waals surface area contributed by atoms with Crippen LogP contribution in [-0.4, -0.2) is 32.1 Å². The minimum Gasteiger partial charge on any atom is -0.397 e. The Morgan fingerprint density at radius 3 is 2.42 bits per heavy atom. The van der Waals surface area contributed by atoms with Gasteiger partial charge in [0.05, 0.1) is 16.9 Å². The number of alkyl halides is 3. The monoisotopic (exact) mass is 275 g/mol. The molecule has 0 aliphatic heterocycles. The Morgan fingerprint density at radius 2 is 1.89 bits per heavy atom. The van der Waals surface area contributed by atoms with E-state index in [1.807, 2.05) is 14.1 Å². The van der Waals surface area contributed by atoms with Gasteiger partial charge in [0.1, 0.15) is 0 Å². The van der Waals surface area contributed by atoms with Gasteiger partial charge in [-0.2, -0.15) is 13.2 Å². The van der Waals surface area contributed by atoms with Gasteiger partial charge >= 0.3 is 6.18 Å². The second kappa shape index (κ2) is 6.65. The van der Waals surface area contributed by atoms with Crippen LogP contribution in [0.1, 0.15) is 18.4 Å². The molecule has 0 aliphatic carbocycles. The number of nitrogen functional groups attached to an aromatic ring is 1. The second-order valence-electron chi connectivity index (χ2n) is 4.74. The number of nitrogens with two attached hydrogens (primary N) is 1. The molecule has 0 bridgehead atoms. The highest BCUT2D eigenvalue weighted by atomic mass is 19.4. The van der Waals surface area contributed by atoms with Crippen molar-refractivity contribution in [2.45, 2.75) is 19.0 Å². The number of unbranched alkanes of at least 4 members (excludes halogenated alkanes) is 1. The van der Waals surface area contributed by atoms with E-state index in [-0.39, 0.29) is 5.69 Å². The van der Waals surface area contributed by atoms with Crippen LogP contribution >= 0.6 is 0 Å². The predicted octanol–water partition coefficient (Wildman–Crippen LogP) is 3.04. The minimum atomic E-state index is -4.35. The number of hydrogen-bond donors (Lipinski definition) is 2. The lowest BCUT2D eigenvalue weighted by molar-refractivity contribution is -0.137. The van der Waals surface area contributed by atoms with Gasteiger partial charge in [0.25, 0.3) is 0 Å². The van der Waals surface area contributed by atoms with E-state index in [2.05, 4.69) is 10.2 Å². The van der Waals surface area contributed by atoms with E-state index in [4.69, 9.17) is 5.73 Å². The molecule has 1 aromatic carbocycles. The number of halogens is 3. The normalized spacial score (nSPS) is 11.9. The quantitative estimate of drug-likeness (QED) is 0.619. The van der Waals surface area contributed by atoms with Crippen molar-refractivity contribution >= 4 is 11.4 Å². The molecule has 0 aliphatic rings. The summed E-state index contributed by atoms with van der Waals surface area (Å²) in [5, 5.41) is 3.05. The minimum absolute atomic E-state index is 0.127. The van der Waals surface area contributed by atoms with Crippen molar-refractivity contribution in [1.82, 2.24) is 4.90 Å². The maximum atomic E-state index is 12.4. The summed E-state index contributed by atoms with van der Waals surface area (Å²) in [4.78, 5) is 2.09. The molecule has 0 radical (unpaired) electrons. The zero-order valence-electron chi connectivity index (χ0n) is 11.2. The largest absolute Gasteiger partial charge is 0.416 e. The third kappa shape index (κ3) is 5.38. The van der Waals surface area contributed by atoms with Crippen molar-refractivity contribution in [2.24, 2.45) is 0 Å². The Bertz CT molecular complexity index is 403. The van der Waals surface area contributed by atoms with Crippen molar-refractivity contribution in [3.8, 4) is 0 Å². The molecule has 108 valence electrons. The van der Waals surface area contributed by atoms with Crippen LogP contribution in [0.5, 0.6) is 0 Å². The van der Waals surface area contributed by atoms with Crippen LogP contribution in [0, 0.1) is 0 Å². The summed E-state index contributed by atoms with van der Waals surface area (Å²) < 4.78 is 37.3. The molecule has 0 heterocycles. The Balaban J connectivity index is 2.47. The zero-order chi connectivity index (χ0) is 14.5. The maximum absolute atomic E-state index is 12.4. The lowest BCUT2D eigenvalue weighted by Gasteiger charge is -2.13. The summed E-state index contributed by atoms with van der Waals surface area (Å²) >= 11 is 0. The van der Waals surface area contributed by atoms with E-state index in [0.29, 0.717) is 12.2 Å². The van der Waals surface area contributed by atoms with Gasteiger partial charge in [0.2, 0.25) is 0 Å². The van der Waals surface area contributed by atoms with Crippen LogP contribution in [0.25, 0.3) is 0 Å². The first-order valence-electron chi connectivity index (χ1n) is 6.16. The molecule has 0 unspecified atom stereocenters. The molecule has 3 nitrogen and oxygen atoms in total. The number of nitrogens with one attached hydrogen (secondary N) is 1. The number of rotatable bonds is 6. The number of hydrogen-bond acceptors (Lipinski definition) is 3. The van der Waals surface area contributed by atoms with Crippen molar-refractivity contribution in [1.29, 1.82) is 0 Å². The first-order chi connectivity index (χ1) is 8.80. The van der Waals surface area contributed by atoms with Crippen molar-refractivity contribution in [2.75, 3.05) is 38.2 Å². The van der Waals surface area contributed by atoms with E-state index in [1.165, 1.54) is 6.07 Å². The van der Waals surface area contributed by atoms with E-state index < -0.39 is 11.7 Å². The highest BCUT2D eigenvalue weighted by Gasteiger charge is 2.30. The Hall–Kier alpha value is -1.43. The van der Waals surface area contributed by atoms with Crippen LogP contribution in [0.2, 0.25) is 0 Å². The van der Waals surface area contributed by atoms with Crippen molar-refractivity contribution in [3.63, 3.8) is 0 Å². The molecular weight excluding hydrogens is 255 g/mol. The number of anilines is 2. The van der Waals surface area contributed by atoms with Gasteiger partial charge in [-0.05, 0) is 51.7 Å². The number of benzene rings is 1. The summed E-state index contributed by atoms with van der Waals surface area (Å²) in [7, 11) is 4.00. The first-order valence-corrected chi connectivity index (χ1v) is 6.16. The van der Waals surface area contributed by atoms with Crippen LogP contribution in [0.3, 0.4) is 0 Å². The van der Waals surface area contributed by atoms with E-state index >= 15 is 0 Å². The van der Waals surface area contributed by atoms with Gasteiger partial charge < -0.3 is 16.0 Å². The van der Waals surface area contributed by atoms with Crippen LogP contribution in [0.15, 0.2) is 18.2 Å². The fourth-order valence-electron chi connectivity index (χ4n) is 1.68. The van der Waals surface area contributed by atoms with Gasteiger partial charge in [-0.25, -0.2) is 0 Å². The molecule has 0 aromatic heterocycles. The molecule has 0 amide bonds. The van der Waals surface area contributed by atoms with Gasteiger partial charge in [-0.3, -0.25) is 0 Å². The molecular formula is C13H20F3N3. The summed E-state index contributed by atoms with van der Waals surface area (Å²) in [5.41, 5.74) is 5.57. The van der Waals surface area contributed by atoms with Gasteiger partial charge in [-0.1, -0.05) is 0 Å². The van der Waals surface area contributed by atoms with Gasteiger partial charge in [-0.15, -0.1) is 0 Å². The van der Waals surface area contributed by atoms with Crippen molar-refractivity contribution in [3.05, 3.63) is 23.8 Å². The standard InChI is InChI=1S/C13H20F3N3/c1-19(2)8-4-3-7-18-12-6-5-10(9-11(12)17)13(14,15)16/h5-6,9,18H,3-4,7-8,17H2,1-2H3. The van der Waals surface area contributed by atoms with Crippen LogP contribution in [-0.2, 0) is 6.18 Å². The lowest BCUT2D eigenvalue weighted by atomic mass is 10.1. The second-order valence-corrected chi connectivity index (χ2v) is 4.74. The predicted molar refractivity (Wildman–Crippen MR) is 72.1 cm³/mol. The molecule has 3 N–H and O–H groups in total. The molecule has 0 spiro atoms. The summed E-state index contributed by atoms with van der Waals surface area (Å²) in [6, 6.07) is 3.38. The fraction of sp³-hybridized carbons (Fsp3) is 0.538. The SMILES string of the molecule is CN(C)CCCCNc1ccc(C(F)(F)F)cc1N. The lowest BCUT2D eigenvalue weighted by Crippen LogP contribution is -2.14.